The molecule has 0 radical (unpaired) electrons. The van der Waals surface area contributed by atoms with Gasteiger partial charge in [0.05, 0.1) is 8.07 Å². The average Bonchev–Trinajstić information content (AvgIpc) is 2.49. The van der Waals surface area contributed by atoms with Crippen molar-refractivity contribution in [3.05, 3.63) is 48.6 Å². The Morgan fingerprint density at radius 1 is 1.21 bits per heavy atom. The molecule has 0 aliphatic carbocycles. The number of rotatable bonds is 7. The predicted molar refractivity (Wildman–Crippen MR) is 85.1 cm³/mol. The van der Waals surface area contributed by atoms with Gasteiger partial charge < -0.3 is 5.32 Å². The van der Waals surface area contributed by atoms with Crippen molar-refractivity contribution < 1.29 is 4.79 Å². The second kappa shape index (κ2) is 7.29. The van der Waals surface area contributed by atoms with Crippen molar-refractivity contribution in [3.8, 4) is 0 Å². The highest BCUT2D eigenvalue weighted by Crippen LogP contribution is 2.25. The Labute approximate surface area is 117 Å². The van der Waals surface area contributed by atoms with Crippen molar-refractivity contribution >= 4 is 14.0 Å². The lowest BCUT2D eigenvalue weighted by Crippen LogP contribution is -2.54. The maximum absolute atomic E-state index is 12.3. The third-order valence-electron chi connectivity index (χ3n) is 4.33. The van der Waals surface area contributed by atoms with Gasteiger partial charge in [-0.15, -0.1) is 6.58 Å². The Balaban J connectivity index is 2.88. The summed E-state index contributed by atoms with van der Waals surface area (Å²) in [7, 11) is -1.49. The SMILES string of the molecule is C=CC(NC(=O)c1ccccc1)[Si](CC)(CC)CC. The summed E-state index contributed by atoms with van der Waals surface area (Å²) in [5.41, 5.74) is 0.876. The van der Waals surface area contributed by atoms with Gasteiger partial charge in [0, 0.05) is 11.2 Å². The van der Waals surface area contributed by atoms with Gasteiger partial charge in [-0.25, -0.2) is 0 Å². The van der Waals surface area contributed by atoms with Crippen LogP contribution in [0.2, 0.25) is 18.1 Å². The summed E-state index contributed by atoms with van der Waals surface area (Å²) in [4.78, 5) is 12.3. The summed E-state index contributed by atoms with van der Waals surface area (Å²) in [6, 6.07) is 12.9. The Bertz CT molecular complexity index is 404. The summed E-state index contributed by atoms with van der Waals surface area (Å²) >= 11 is 0. The molecule has 104 valence electrons. The van der Waals surface area contributed by atoms with Gasteiger partial charge in [-0.1, -0.05) is 63.2 Å². The van der Waals surface area contributed by atoms with Crippen LogP contribution in [0.3, 0.4) is 0 Å². The highest BCUT2D eigenvalue weighted by molar-refractivity contribution is 6.81. The monoisotopic (exact) mass is 275 g/mol. The van der Waals surface area contributed by atoms with Crippen LogP contribution < -0.4 is 5.32 Å². The molecule has 0 bridgehead atoms. The molecule has 1 unspecified atom stereocenters. The third-order valence-corrected chi connectivity index (χ3v) is 10.3. The standard InChI is InChI=1S/C16H25NOSi/c1-5-15(19(6-2,7-3)8-4)17-16(18)14-12-10-9-11-13-14/h5,9-13,15H,1,6-8H2,2-4H3,(H,17,18). The van der Waals surface area contributed by atoms with Crippen LogP contribution in [0.1, 0.15) is 31.1 Å². The highest BCUT2D eigenvalue weighted by atomic mass is 28.3. The normalized spacial score (nSPS) is 12.8. The van der Waals surface area contributed by atoms with Crippen molar-refractivity contribution in [2.45, 2.75) is 44.6 Å². The fourth-order valence-corrected chi connectivity index (χ4v) is 6.44. The van der Waals surface area contributed by atoms with E-state index in [9.17, 15) is 4.79 Å². The summed E-state index contributed by atoms with van der Waals surface area (Å²) in [5.74, 6) is 0.0118. The molecule has 1 rings (SSSR count). The van der Waals surface area contributed by atoms with Gasteiger partial charge in [-0.2, -0.15) is 0 Å². The van der Waals surface area contributed by atoms with Crippen molar-refractivity contribution in [2.24, 2.45) is 0 Å². The van der Waals surface area contributed by atoms with Crippen LogP contribution in [-0.4, -0.2) is 19.6 Å². The molecule has 1 N–H and O–H groups in total. The number of hydrogen-bond acceptors (Lipinski definition) is 1. The smallest absolute Gasteiger partial charge is 0.251 e. The van der Waals surface area contributed by atoms with Crippen LogP contribution in [0.15, 0.2) is 43.0 Å². The number of hydrogen-bond donors (Lipinski definition) is 1. The molecule has 0 aliphatic rings. The van der Waals surface area contributed by atoms with Crippen LogP contribution in [0.25, 0.3) is 0 Å². The Morgan fingerprint density at radius 3 is 2.16 bits per heavy atom. The number of carbonyl (C=O) groups excluding carboxylic acids is 1. The third kappa shape index (κ3) is 3.57. The zero-order valence-electron chi connectivity index (χ0n) is 12.3. The van der Waals surface area contributed by atoms with Gasteiger partial charge in [0.25, 0.3) is 5.91 Å². The lowest BCUT2D eigenvalue weighted by Gasteiger charge is -2.35. The maximum atomic E-state index is 12.3. The first kappa shape index (κ1) is 15.7. The molecule has 2 nitrogen and oxygen atoms in total. The topological polar surface area (TPSA) is 29.1 Å². The van der Waals surface area contributed by atoms with Crippen molar-refractivity contribution in [1.82, 2.24) is 5.32 Å². The number of nitrogens with one attached hydrogen (secondary N) is 1. The van der Waals surface area contributed by atoms with Crippen LogP contribution in [0, 0.1) is 0 Å². The first-order valence-corrected chi connectivity index (χ1v) is 9.81. The molecule has 1 amide bonds. The molecular weight excluding hydrogens is 250 g/mol. The molecule has 0 heterocycles. The van der Waals surface area contributed by atoms with E-state index in [1.54, 1.807) is 0 Å². The molecule has 0 saturated heterocycles. The van der Waals surface area contributed by atoms with E-state index in [1.165, 1.54) is 18.1 Å². The fourth-order valence-electron chi connectivity index (χ4n) is 2.69. The van der Waals surface area contributed by atoms with E-state index in [2.05, 4.69) is 32.7 Å². The molecule has 1 aromatic rings. The van der Waals surface area contributed by atoms with E-state index in [-0.39, 0.29) is 11.6 Å². The minimum atomic E-state index is -1.49. The van der Waals surface area contributed by atoms with E-state index in [0.717, 1.165) is 5.56 Å². The maximum Gasteiger partial charge on any atom is 0.251 e. The molecule has 1 atom stereocenters. The minimum absolute atomic E-state index is 0.0118. The quantitative estimate of drug-likeness (QED) is 0.591. The van der Waals surface area contributed by atoms with Crippen molar-refractivity contribution in [1.29, 1.82) is 0 Å². The highest BCUT2D eigenvalue weighted by Gasteiger charge is 2.35. The average molecular weight is 275 g/mol. The van der Waals surface area contributed by atoms with E-state index in [4.69, 9.17) is 0 Å². The Kier molecular flexibility index (Phi) is 6.02. The van der Waals surface area contributed by atoms with E-state index in [1.807, 2.05) is 36.4 Å². The largest absolute Gasteiger partial charge is 0.349 e. The molecule has 0 fully saturated rings. The second-order valence-electron chi connectivity index (χ2n) is 4.98. The zero-order chi connectivity index (χ0) is 14.3. The van der Waals surface area contributed by atoms with Crippen LogP contribution in [-0.2, 0) is 0 Å². The fraction of sp³-hybridized carbons (Fsp3) is 0.438. The lowest BCUT2D eigenvalue weighted by atomic mass is 10.2. The Morgan fingerprint density at radius 2 is 1.74 bits per heavy atom. The number of amides is 1. The van der Waals surface area contributed by atoms with Gasteiger partial charge in [0.1, 0.15) is 0 Å². The minimum Gasteiger partial charge on any atom is -0.349 e. The molecule has 0 spiro atoms. The number of carbonyl (C=O) groups is 1. The summed E-state index contributed by atoms with van der Waals surface area (Å²) in [5, 5.41) is 3.18. The first-order chi connectivity index (χ1) is 9.13. The summed E-state index contributed by atoms with van der Waals surface area (Å²) in [6.07, 6.45) is 1.93. The van der Waals surface area contributed by atoms with Gasteiger partial charge in [-0.3, -0.25) is 4.79 Å². The van der Waals surface area contributed by atoms with Gasteiger partial charge in [0.15, 0.2) is 0 Å². The molecule has 0 saturated carbocycles. The molecular formula is C16H25NOSi. The van der Waals surface area contributed by atoms with E-state index in [0.29, 0.717) is 0 Å². The summed E-state index contributed by atoms with van der Waals surface area (Å²) in [6.45, 7) is 10.7. The summed E-state index contributed by atoms with van der Waals surface area (Å²) < 4.78 is 0. The van der Waals surface area contributed by atoms with Crippen molar-refractivity contribution in [2.75, 3.05) is 0 Å². The zero-order valence-corrected chi connectivity index (χ0v) is 13.3. The van der Waals surface area contributed by atoms with Crippen LogP contribution >= 0.6 is 0 Å². The van der Waals surface area contributed by atoms with Gasteiger partial charge in [-0.05, 0) is 12.1 Å². The lowest BCUT2D eigenvalue weighted by molar-refractivity contribution is 0.0952. The van der Waals surface area contributed by atoms with E-state index >= 15 is 0 Å². The van der Waals surface area contributed by atoms with Crippen molar-refractivity contribution in [3.63, 3.8) is 0 Å². The molecule has 19 heavy (non-hydrogen) atoms. The number of benzene rings is 1. The second-order valence-corrected chi connectivity index (χ2v) is 10.4. The molecule has 3 heteroatoms. The first-order valence-electron chi connectivity index (χ1n) is 7.12. The Hall–Kier alpha value is -1.35. The van der Waals surface area contributed by atoms with Crippen LogP contribution in [0.4, 0.5) is 0 Å². The van der Waals surface area contributed by atoms with Gasteiger partial charge in [0.2, 0.25) is 0 Å². The van der Waals surface area contributed by atoms with Gasteiger partial charge >= 0.3 is 0 Å². The molecule has 0 aliphatic heterocycles. The molecule has 1 aromatic carbocycles. The predicted octanol–water partition coefficient (Wildman–Crippen LogP) is 4.02. The molecule has 0 aromatic heterocycles. The van der Waals surface area contributed by atoms with E-state index < -0.39 is 8.07 Å². The van der Waals surface area contributed by atoms with Crippen LogP contribution in [0.5, 0.6) is 0 Å².